The third-order valence-electron chi connectivity index (χ3n) is 3.25. The number of para-hydroxylation sites is 1. The average molecular weight is 248 g/mol. The molecule has 1 aromatic heterocycles. The Balaban J connectivity index is 2.16. The third-order valence-corrected chi connectivity index (χ3v) is 3.25. The molecule has 2 aromatic carbocycles. The number of nitrogens with zero attached hydrogens (tertiary/aromatic N) is 1. The van der Waals surface area contributed by atoms with Gasteiger partial charge in [0.15, 0.2) is 19.0 Å². The Morgan fingerprint density at radius 2 is 1.68 bits per heavy atom. The Morgan fingerprint density at radius 3 is 2.47 bits per heavy atom. The molecule has 0 unspecified atom stereocenters. The normalized spacial score (nSPS) is 10.5. The van der Waals surface area contributed by atoms with E-state index in [2.05, 4.69) is 16.7 Å². The lowest BCUT2D eigenvalue weighted by molar-refractivity contribution is -0.662. The predicted octanol–water partition coefficient (Wildman–Crippen LogP) is 2.99. The first-order valence-corrected chi connectivity index (χ1v) is 6.29. The summed E-state index contributed by atoms with van der Waals surface area (Å²) >= 11 is 0. The minimum Gasteiger partial charge on any atom is -0.298 e. The van der Waals surface area contributed by atoms with E-state index in [-0.39, 0.29) is 0 Å². The first kappa shape index (κ1) is 11.6. The first-order valence-electron chi connectivity index (χ1n) is 6.29. The maximum Gasteiger partial charge on any atom is 0.223 e. The van der Waals surface area contributed by atoms with Crippen molar-refractivity contribution in [3.8, 4) is 0 Å². The van der Waals surface area contributed by atoms with Gasteiger partial charge in [0.25, 0.3) is 0 Å². The van der Waals surface area contributed by atoms with Gasteiger partial charge in [0, 0.05) is 17.0 Å². The van der Waals surface area contributed by atoms with Crippen molar-refractivity contribution in [3.05, 3.63) is 78.0 Å². The van der Waals surface area contributed by atoms with Crippen molar-refractivity contribution >= 4 is 17.2 Å². The summed E-state index contributed by atoms with van der Waals surface area (Å²) in [4.78, 5) is 11.2. The summed E-state index contributed by atoms with van der Waals surface area (Å²) in [5.74, 6) is 0. The number of carbonyl (C=O) groups excluding carboxylic acids is 1. The number of aromatic nitrogens is 1. The number of aldehydes is 1. The number of rotatable bonds is 3. The fourth-order valence-corrected chi connectivity index (χ4v) is 2.38. The molecule has 3 rings (SSSR count). The van der Waals surface area contributed by atoms with Gasteiger partial charge in [0.1, 0.15) is 0 Å². The van der Waals surface area contributed by atoms with Crippen LogP contribution < -0.4 is 4.57 Å². The van der Waals surface area contributed by atoms with Crippen molar-refractivity contribution in [3.63, 3.8) is 0 Å². The Bertz CT molecular complexity index is 714. The highest BCUT2D eigenvalue weighted by Crippen LogP contribution is 2.13. The quantitative estimate of drug-likeness (QED) is 0.515. The lowest BCUT2D eigenvalue weighted by Gasteiger charge is -2.03. The van der Waals surface area contributed by atoms with Crippen molar-refractivity contribution in [2.75, 3.05) is 0 Å². The van der Waals surface area contributed by atoms with E-state index in [0.717, 1.165) is 29.3 Å². The van der Waals surface area contributed by atoms with Gasteiger partial charge in [-0.2, -0.15) is 4.57 Å². The van der Waals surface area contributed by atoms with Crippen LogP contribution in [0.5, 0.6) is 0 Å². The van der Waals surface area contributed by atoms with Gasteiger partial charge in [-0.3, -0.25) is 4.79 Å². The van der Waals surface area contributed by atoms with Gasteiger partial charge in [-0.15, -0.1) is 0 Å². The fourth-order valence-electron chi connectivity index (χ4n) is 2.38. The molecule has 0 radical (unpaired) electrons. The van der Waals surface area contributed by atoms with E-state index >= 15 is 0 Å². The van der Waals surface area contributed by atoms with Gasteiger partial charge in [-0.25, -0.2) is 0 Å². The summed E-state index contributed by atoms with van der Waals surface area (Å²) in [5.41, 5.74) is 2.94. The van der Waals surface area contributed by atoms with Crippen molar-refractivity contribution < 1.29 is 9.36 Å². The lowest BCUT2D eigenvalue weighted by Crippen LogP contribution is -2.35. The first-order chi connectivity index (χ1) is 9.38. The molecule has 1 heterocycles. The van der Waals surface area contributed by atoms with Crippen LogP contribution >= 0.6 is 0 Å². The summed E-state index contributed by atoms with van der Waals surface area (Å²) in [7, 11) is 0. The van der Waals surface area contributed by atoms with Crippen LogP contribution in [0.2, 0.25) is 0 Å². The lowest BCUT2D eigenvalue weighted by atomic mass is 10.1. The van der Waals surface area contributed by atoms with Crippen LogP contribution in [0.25, 0.3) is 10.9 Å². The molecule has 2 nitrogen and oxygen atoms in total. The molecule has 0 fully saturated rings. The standard InChI is InChI=1S/C17H14NO/c19-13-16-9-4-8-15-10-5-11-18(17(15)16)12-14-6-2-1-3-7-14/h1-11,13H,12H2/q+1. The second kappa shape index (κ2) is 5.02. The van der Waals surface area contributed by atoms with E-state index in [1.807, 2.05) is 54.7 Å². The summed E-state index contributed by atoms with van der Waals surface area (Å²) in [5, 5.41) is 1.09. The van der Waals surface area contributed by atoms with Crippen molar-refractivity contribution in [1.29, 1.82) is 0 Å². The summed E-state index contributed by atoms with van der Waals surface area (Å²) in [6.45, 7) is 0.767. The molecule has 0 aliphatic carbocycles. The van der Waals surface area contributed by atoms with Crippen LogP contribution in [0.15, 0.2) is 66.9 Å². The SMILES string of the molecule is O=Cc1cccc2ccc[n+](Cc3ccccc3)c12. The van der Waals surface area contributed by atoms with E-state index in [1.165, 1.54) is 5.56 Å². The molecule has 19 heavy (non-hydrogen) atoms. The second-order valence-electron chi connectivity index (χ2n) is 4.52. The smallest absolute Gasteiger partial charge is 0.223 e. The number of pyridine rings is 1. The highest BCUT2D eigenvalue weighted by atomic mass is 16.1. The van der Waals surface area contributed by atoms with Crippen LogP contribution in [0, 0.1) is 0 Å². The van der Waals surface area contributed by atoms with Gasteiger partial charge in [0.2, 0.25) is 5.52 Å². The van der Waals surface area contributed by atoms with Gasteiger partial charge >= 0.3 is 0 Å². The van der Waals surface area contributed by atoms with Gasteiger partial charge in [-0.1, -0.05) is 36.4 Å². The number of hydrogen-bond donors (Lipinski definition) is 0. The fraction of sp³-hybridized carbons (Fsp3) is 0.0588. The average Bonchev–Trinajstić information content (AvgIpc) is 2.48. The topological polar surface area (TPSA) is 20.9 Å². The summed E-state index contributed by atoms with van der Waals surface area (Å²) in [6, 6.07) is 20.1. The van der Waals surface area contributed by atoms with E-state index < -0.39 is 0 Å². The van der Waals surface area contributed by atoms with E-state index in [0.29, 0.717) is 0 Å². The zero-order valence-corrected chi connectivity index (χ0v) is 10.5. The van der Waals surface area contributed by atoms with E-state index in [4.69, 9.17) is 0 Å². The molecule has 0 aliphatic rings. The van der Waals surface area contributed by atoms with Crippen molar-refractivity contribution in [2.24, 2.45) is 0 Å². The summed E-state index contributed by atoms with van der Waals surface area (Å²) < 4.78 is 2.12. The largest absolute Gasteiger partial charge is 0.298 e. The zero-order chi connectivity index (χ0) is 13.1. The third kappa shape index (κ3) is 2.25. The molecule has 0 N–H and O–H groups in total. The highest BCUT2D eigenvalue weighted by molar-refractivity contribution is 5.93. The minimum absolute atomic E-state index is 0.731. The molecule has 0 saturated heterocycles. The van der Waals surface area contributed by atoms with Gasteiger partial charge in [0.05, 0.1) is 5.56 Å². The number of benzene rings is 2. The molecule has 0 saturated carbocycles. The maximum absolute atomic E-state index is 11.2. The Morgan fingerprint density at radius 1 is 0.895 bits per heavy atom. The van der Waals surface area contributed by atoms with Crippen LogP contribution in [-0.2, 0) is 6.54 Å². The summed E-state index contributed by atoms with van der Waals surface area (Å²) in [6.07, 6.45) is 2.94. The molecule has 92 valence electrons. The number of hydrogen-bond acceptors (Lipinski definition) is 1. The molecule has 2 heteroatoms. The maximum atomic E-state index is 11.2. The van der Waals surface area contributed by atoms with Crippen LogP contribution in [0.1, 0.15) is 15.9 Å². The number of fused-ring (bicyclic) bond motifs is 1. The monoisotopic (exact) mass is 248 g/mol. The molecular weight excluding hydrogens is 234 g/mol. The Kier molecular flexibility index (Phi) is 3.07. The van der Waals surface area contributed by atoms with E-state index in [9.17, 15) is 4.79 Å². The molecule has 0 aliphatic heterocycles. The molecular formula is C17H14NO+. The van der Waals surface area contributed by atoms with Crippen LogP contribution in [0.4, 0.5) is 0 Å². The molecule has 0 atom stereocenters. The highest BCUT2D eigenvalue weighted by Gasteiger charge is 2.13. The van der Waals surface area contributed by atoms with Gasteiger partial charge < -0.3 is 0 Å². The van der Waals surface area contributed by atoms with Crippen LogP contribution in [-0.4, -0.2) is 6.29 Å². The molecule has 0 bridgehead atoms. The van der Waals surface area contributed by atoms with Gasteiger partial charge in [-0.05, 0) is 18.2 Å². The predicted molar refractivity (Wildman–Crippen MR) is 75.1 cm³/mol. The van der Waals surface area contributed by atoms with Crippen LogP contribution in [0.3, 0.4) is 0 Å². The Labute approximate surface area is 111 Å². The zero-order valence-electron chi connectivity index (χ0n) is 10.5. The molecule has 3 aromatic rings. The minimum atomic E-state index is 0.731. The van der Waals surface area contributed by atoms with Crippen molar-refractivity contribution in [1.82, 2.24) is 0 Å². The molecule has 0 amide bonds. The van der Waals surface area contributed by atoms with E-state index in [1.54, 1.807) is 0 Å². The van der Waals surface area contributed by atoms with Crippen molar-refractivity contribution in [2.45, 2.75) is 6.54 Å². The number of carbonyl (C=O) groups is 1. The second-order valence-corrected chi connectivity index (χ2v) is 4.52. The molecule has 0 spiro atoms. The Hall–Kier alpha value is -2.48.